The summed E-state index contributed by atoms with van der Waals surface area (Å²) in [5.74, 6) is 0.183. The van der Waals surface area contributed by atoms with Crippen LogP contribution in [0.3, 0.4) is 0 Å². The van der Waals surface area contributed by atoms with E-state index >= 15 is 0 Å². The van der Waals surface area contributed by atoms with E-state index in [1.807, 2.05) is 0 Å². The number of aliphatic hydroxyl groups is 3. The van der Waals surface area contributed by atoms with Crippen LogP contribution in [0.2, 0.25) is 0 Å². The average Bonchev–Trinajstić information content (AvgIpc) is 2.65. The Morgan fingerprint density at radius 3 is 2.90 bits per heavy atom. The van der Waals surface area contributed by atoms with Gasteiger partial charge in [-0.15, -0.1) is 0 Å². The molecule has 0 aliphatic carbocycles. The summed E-state index contributed by atoms with van der Waals surface area (Å²) in [6.45, 7) is -0.804. The second kappa shape index (κ2) is 5.32. The van der Waals surface area contributed by atoms with Crippen molar-refractivity contribution in [2.75, 3.05) is 12.3 Å². The second-order valence-corrected chi connectivity index (χ2v) is 4.54. The van der Waals surface area contributed by atoms with Crippen molar-refractivity contribution >= 4 is 18.0 Å². The van der Waals surface area contributed by atoms with Crippen LogP contribution in [0, 0.1) is 4.77 Å². The fourth-order valence-electron chi connectivity index (χ4n) is 1.93. The van der Waals surface area contributed by atoms with Crippen LogP contribution in [0.5, 0.6) is 0 Å². The SMILES string of the molecule is [N-]=[N+]=N[C@]1(CO)O[C@@H](n2ccc(N)nc2=S)[C@@H](O)C1O. The third kappa shape index (κ3) is 2.22. The summed E-state index contributed by atoms with van der Waals surface area (Å²) in [7, 11) is 0. The summed E-state index contributed by atoms with van der Waals surface area (Å²) in [6.07, 6.45) is -2.84. The minimum atomic E-state index is -1.98. The molecule has 10 nitrogen and oxygen atoms in total. The van der Waals surface area contributed by atoms with Crippen molar-refractivity contribution in [3.05, 3.63) is 27.5 Å². The molecule has 1 aromatic rings. The lowest BCUT2D eigenvalue weighted by molar-refractivity contribution is -0.124. The molecule has 2 heterocycles. The van der Waals surface area contributed by atoms with Gasteiger partial charge in [-0.2, -0.15) is 0 Å². The zero-order valence-corrected chi connectivity index (χ0v) is 10.9. The number of rotatable bonds is 3. The Kier molecular flexibility index (Phi) is 3.90. The topological polar surface area (TPSA) is 163 Å². The Morgan fingerprint density at radius 1 is 1.65 bits per heavy atom. The number of azide groups is 1. The van der Waals surface area contributed by atoms with Crippen molar-refractivity contribution in [1.82, 2.24) is 9.55 Å². The van der Waals surface area contributed by atoms with E-state index in [-0.39, 0.29) is 10.6 Å². The quantitative estimate of drug-likeness (QED) is 0.251. The number of hydrogen-bond donors (Lipinski definition) is 4. The average molecular weight is 300 g/mol. The van der Waals surface area contributed by atoms with Crippen LogP contribution in [-0.4, -0.2) is 49.4 Å². The van der Waals surface area contributed by atoms with E-state index < -0.39 is 30.8 Å². The fourth-order valence-corrected chi connectivity index (χ4v) is 2.20. The maximum absolute atomic E-state index is 10.0. The molecule has 2 rings (SSSR count). The normalized spacial score (nSPS) is 32.9. The molecule has 4 atom stereocenters. The van der Waals surface area contributed by atoms with Gasteiger partial charge in [0.15, 0.2) is 6.23 Å². The van der Waals surface area contributed by atoms with Crippen LogP contribution < -0.4 is 5.73 Å². The Morgan fingerprint density at radius 2 is 2.35 bits per heavy atom. The molecule has 0 bridgehead atoms. The number of hydrogen-bond acceptors (Lipinski definition) is 8. The van der Waals surface area contributed by atoms with Gasteiger partial charge >= 0.3 is 0 Å². The minimum Gasteiger partial charge on any atom is -0.393 e. The van der Waals surface area contributed by atoms with Crippen molar-refractivity contribution in [3.63, 3.8) is 0 Å². The first-order valence-electron chi connectivity index (χ1n) is 5.51. The standard InChI is InChI=1S/C9H12N6O4S/c10-4-1-2-15(8(20)12-4)7-5(17)6(18)9(3-16,19-7)13-14-11/h1-2,5-7,16-18H,3H2,(H2,10,12,20)/t5-,6?,7+,9+/m0/s1. The molecule has 1 unspecified atom stereocenters. The summed E-state index contributed by atoms with van der Waals surface area (Å²) in [5, 5.41) is 32.4. The zero-order chi connectivity index (χ0) is 14.9. The van der Waals surface area contributed by atoms with Crippen LogP contribution >= 0.6 is 12.2 Å². The van der Waals surface area contributed by atoms with Gasteiger partial charge in [0.2, 0.25) is 10.5 Å². The third-order valence-corrected chi connectivity index (χ3v) is 3.27. The monoisotopic (exact) mass is 300 g/mol. The summed E-state index contributed by atoms with van der Waals surface area (Å²) >= 11 is 4.98. The minimum absolute atomic E-state index is 0.0101. The van der Waals surface area contributed by atoms with Gasteiger partial charge in [0.25, 0.3) is 0 Å². The molecule has 1 saturated heterocycles. The van der Waals surface area contributed by atoms with Gasteiger partial charge in [0, 0.05) is 11.1 Å². The number of aliphatic hydroxyl groups excluding tert-OH is 3. The highest BCUT2D eigenvalue weighted by molar-refractivity contribution is 7.71. The van der Waals surface area contributed by atoms with E-state index in [1.54, 1.807) is 0 Å². The highest BCUT2D eigenvalue weighted by atomic mass is 32.1. The van der Waals surface area contributed by atoms with Gasteiger partial charge in [-0.05, 0) is 23.8 Å². The molecule has 20 heavy (non-hydrogen) atoms. The Labute approximate surface area is 117 Å². The van der Waals surface area contributed by atoms with Gasteiger partial charge in [0.05, 0.1) is 6.61 Å². The lowest BCUT2D eigenvalue weighted by Crippen LogP contribution is -2.44. The van der Waals surface area contributed by atoms with Gasteiger partial charge in [0.1, 0.15) is 18.0 Å². The van der Waals surface area contributed by atoms with E-state index in [1.165, 1.54) is 16.8 Å². The largest absolute Gasteiger partial charge is 0.393 e. The molecule has 0 saturated carbocycles. The van der Waals surface area contributed by atoms with Gasteiger partial charge < -0.3 is 25.8 Å². The second-order valence-electron chi connectivity index (χ2n) is 4.18. The van der Waals surface area contributed by atoms with Gasteiger partial charge in [-0.1, -0.05) is 5.11 Å². The van der Waals surface area contributed by atoms with Crippen molar-refractivity contribution in [2.45, 2.75) is 24.2 Å². The highest BCUT2D eigenvalue weighted by Gasteiger charge is 2.54. The van der Waals surface area contributed by atoms with Crippen LogP contribution in [0.1, 0.15) is 6.23 Å². The summed E-state index contributed by atoms with van der Waals surface area (Å²) < 4.78 is 6.57. The number of ether oxygens (including phenoxy) is 1. The van der Waals surface area contributed by atoms with Crippen molar-refractivity contribution in [1.29, 1.82) is 0 Å². The smallest absolute Gasteiger partial charge is 0.203 e. The van der Waals surface area contributed by atoms with Crippen molar-refractivity contribution < 1.29 is 20.1 Å². The van der Waals surface area contributed by atoms with Crippen LogP contribution in [-0.2, 0) is 4.74 Å². The Hall–Kier alpha value is -1.75. The molecule has 1 aliphatic rings. The first-order chi connectivity index (χ1) is 9.45. The molecule has 0 aromatic carbocycles. The molecular weight excluding hydrogens is 288 g/mol. The number of anilines is 1. The van der Waals surface area contributed by atoms with Crippen LogP contribution in [0.15, 0.2) is 17.4 Å². The molecule has 1 aromatic heterocycles. The summed E-state index contributed by atoms with van der Waals surface area (Å²) in [6, 6.07) is 1.42. The number of aromatic nitrogens is 2. The Bertz CT molecular complexity index is 617. The van der Waals surface area contributed by atoms with Crippen LogP contribution in [0.25, 0.3) is 10.4 Å². The maximum Gasteiger partial charge on any atom is 0.203 e. The van der Waals surface area contributed by atoms with Crippen LogP contribution in [0.4, 0.5) is 5.82 Å². The summed E-state index contributed by atoms with van der Waals surface area (Å²) in [5.41, 5.74) is 12.0. The van der Waals surface area contributed by atoms with E-state index in [0.717, 1.165) is 0 Å². The predicted molar refractivity (Wildman–Crippen MR) is 68.6 cm³/mol. The molecule has 5 N–H and O–H groups in total. The molecule has 11 heteroatoms. The molecule has 1 fully saturated rings. The van der Waals surface area contributed by atoms with Crippen molar-refractivity contribution in [3.8, 4) is 0 Å². The maximum atomic E-state index is 10.0. The Balaban J connectivity index is 2.45. The number of nitrogens with zero attached hydrogens (tertiary/aromatic N) is 5. The highest BCUT2D eigenvalue weighted by Crippen LogP contribution is 2.38. The van der Waals surface area contributed by atoms with Crippen molar-refractivity contribution in [2.24, 2.45) is 5.11 Å². The lowest BCUT2D eigenvalue weighted by Gasteiger charge is -2.23. The molecule has 1 aliphatic heterocycles. The molecule has 108 valence electrons. The lowest BCUT2D eigenvalue weighted by atomic mass is 10.1. The van der Waals surface area contributed by atoms with E-state index in [9.17, 15) is 15.3 Å². The van der Waals surface area contributed by atoms with Gasteiger partial charge in [-0.25, -0.2) is 4.98 Å². The first-order valence-corrected chi connectivity index (χ1v) is 5.92. The molecule has 0 radical (unpaired) electrons. The predicted octanol–water partition coefficient (Wildman–Crippen LogP) is -0.556. The van der Waals surface area contributed by atoms with E-state index in [0.29, 0.717) is 0 Å². The van der Waals surface area contributed by atoms with E-state index in [4.69, 9.17) is 28.2 Å². The molecule has 0 spiro atoms. The number of nitrogen functional groups attached to an aromatic ring is 1. The zero-order valence-electron chi connectivity index (χ0n) is 10.1. The summed E-state index contributed by atoms with van der Waals surface area (Å²) in [4.78, 5) is 6.32. The number of nitrogens with two attached hydrogens (primary N) is 1. The third-order valence-electron chi connectivity index (χ3n) is 2.97. The van der Waals surface area contributed by atoms with E-state index in [2.05, 4.69) is 15.0 Å². The fraction of sp³-hybridized carbons (Fsp3) is 0.556. The first kappa shape index (κ1) is 14.7. The molecular formula is C9H12N6O4S. The molecule has 0 amide bonds. The van der Waals surface area contributed by atoms with Gasteiger partial charge in [-0.3, -0.25) is 4.57 Å².